The Balaban J connectivity index is 2.26. The van der Waals surface area contributed by atoms with Crippen molar-refractivity contribution in [2.75, 3.05) is 18.5 Å². The molecule has 2 rings (SSSR count). The molecular formula is C15H20N2O4. The van der Waals surface area contributed by atoms with Gasteiger partial charge in [-0.15, -0.1) is 0 Å². The van der Waals surface area contributed by atoms with Crippen LogP contribution in [0, 0.1) is 5.41 Å². The van der Waals surface area contributed by atoms with E-state index in [0.29, 0.717) is 24.5 Å². The summed E-state index contributed by atoms with van der Waals surface area (Å²) in [6, 6.07) is 4.21. The Kier molecular flexibility index (Phi) is 4.06. The molecule has 0 fully saturated rings. The maximum Gasteiger partial charge on any atom is 0.326 e. The smallest absolute Gasteiger partial charge is 0.326 e. The first kappa shape index (κ1) is 15.2. The van der Waals surface area contributed by atoms with Crippen molar-refractivity contribution in [3.8, 4) is 5.75 Å². The Hall–Kier alpha value is -2.24. The number of benzene rings is 1. The second kappa shape index (κ2) is 5.63. The molecule has 21 heavy (non-hydrogen) atoms. The fourth-order valence-corrected chi connectivity index (χ4v) is 2.21. The fraction of sp³-hybridized carbons (Fsp3) is 0.467. The summed E-state index contributed by atoms with van der Waals surface area (Å²) in [5, 5.41) is 15.0. The van der Waals surface area contributed by atoms with E-state index in [9.17, 15) is 14.7 Å². The molecule has 1 amide bonds. The fourth-order valence-electron chi connectivity index (χ4n) is 2.21. The topological polar surface area (TPSA) is 87.7 Å². The first-order chi connectivity index (χ1) is 9.80. The van der Waals surface area contributed by atoms with Crippen LogP contribution in [-0.4, -0.2) is 36.2 Å². The van der Waals surface area contributed by atoms with Gasteiger partial charge < -0.3 is 20.5 Å². The average Bonchev–Trinajstić information content (AvgIpc) is 2.42. The molecule has 0 aromatic heterocycles. The molecule has 1 heterocycles. The molecular weight excluding hydrogens is 272 g/mol. The van der Waals surface area contributed by atoms with Crippen molar-refractivity contribution < 1.29 is 19.4 Å². The Bertz CT molecular complexity index is 563. The van der Waals surface area contributed by atoms with Gasteiger partial charge in [-0.05, 0) is 17.5 Å². The van der Waals surface area contributed by atoms with Crippen LogP contribution in [0.3, 0.4) is 0 Å². The van der Waals surface area contributed by atoms with E-state index in [4.69, 9.17) is 4.74 Å². The summed E-state index contributed by atoms with van der Waals surface area (Å²) >= 11 is 0. The minimum Gasteiger partial charge on any atom is -0.489 e. The van der Waals surface area contributed by atoms with Gasteiger partial charge in [-0.25, -0.2) is 4.79 Å². The molecule has 0 aliphatic carbocycles. The highest BCUT2D eigenvalue weighted by Crippen LogP contribution is 2.31. The van der Waals surface area contributed by atoms with Gasteiger partial charge in [0.15, 0.2) is 5.75 Å². The van der Waals surface area contributed by atoms with Crippen molar-refractivity contribution in [2.45, 2.75) is 26.8 Å². The van der Waals surface area contributed by atoms with Gasteiger partial charge in [0, 0.05) is 6.54 Å². The molecule has 0 bridgehead atoms. The molecule has 1 atom stereocenters. The van der Waals surface area contributed by atoms with E-state index in [2.05, 4.69) is 10.6 Å². The lowest BCUT2D eigenvalue weighted by Gasteiger charge is -2.28. The van der Waals surface area contributed by atoms with Crippen molar-refractivity contribution in [1.29, 1.82) is 0 Å². The van der Waals surface area contributed by atoms with Crippen LogP contribution in [0.5, 0.6) is 5.75 Å². The number of nitrogens with one attached hydrogen (secondary N) is 2. The number of para-hydroxylation sites is 1. The van der Waals surface area contributed by atoms with Gasteiger partial charge >= 0.3 is 5.97 Å². The van der Waals surface area contributed by atoms with Gasteiger partial charge in [0.1, 0.15) is 12.6 Å². The summed E-state index contributed by atoms with van der Waals surface area (Å²) in [5.41, 5.74) is 0.502. The number of fused-ring (bicyclic) bond motifs is 1. The third-order valence-electron chi connectivity index (χ3n) is 3.31. The SMILES string of the molecule is CC(C)(C)C(NC(=O)c1cccc2c1OCCN2)C(=O)O. The molecule has 114 valence electrons. The van der Waals surface area contributed by atoms with E-state index in [-0.39, 0.29) is 0 Å². The van der Waals surface area contributed by atoms with Gasteiger partial charge in [-0.2, -0.15) is 0 Å². The van der Waals surface area contributed by atoms with Crippen LogP contribution in [0.2, 0.25) is 0 Å². The predicted octanol–water partition coefficient (Wildman–Crippen LogP) is 1.72. The molecule has 1 unspecified atom stereocenters. The van der Waals surface area contributed by atoms with Crippen LogP contribution in [0.1, 0.15) is 31.1 Å². The highest BCUT2D eigenvalue weighted by atomic mass is 16.5. The normalized spacial score (nSPS) is 15.2. The molecule has 0 saturated carbocycles. The molecule has 0 saturated heterocycles. The van der Waals surface area contributed by atoms with Gasteiger partial charge in [-0.3, -0.25) is 4.79 Å². The largest absolute Gasteiger partial charge is 0.489 e. The highest BCUT2D eigenvalue weighted by Gasteiger charge is 2.33. The Morgan fingerprint density at radius 2 is 2.10 bits per heavy atom. The second-order valence-corrected chi connectivity index (χ2v) is 6.07. The van der Waals surface area contributed by atoms with E-state index in [1.165, 1.54) is 0 Å². The zero-order valence-electron chi connectivity index (χ0n) is 12.4. The molecule has 1 aliphatic rings. The molecule has 1 aromatic rings. The molecule has 0 radical (unpaired) electrons. The van der Waals surface area contributed by atoms with Crippen molar-refractivity contribution >= 4 is 17.6 Å². The summed E-state index contributed by atoms with van der Waals surface area (Å²) in [5.74, 6) is -1.03. The number of amides is 1. The lowest BCUT2D eigenvalue weighted by atomic mass is 9.86. The maximum absolute atomic E-state index is 12.4. The number of anilines is 1. The molecule has 1 aliphatic heterocycles. The zero-order valence-corrected chi connectivity index (χ0v) is 12.4. The summed E-state index contributed by atoms with van der Waals surface area (Å²) in [6.45, 7) is 6.45. The second-order valence-electron chi connectivity index (χ2n) is 6.07. The van der Waals surface area contributed by atoms with Crippen LogP contribution in [0.25, 0.3) is 0 Å². The number of carboxylic acids is 1. The molecule has 1 aromatic carbocycles. The van der Waals surface area contributed by atoms with Gasteiger partial charge in [0.05, 0.1) is 11.3 Å². The van der Waals surface area contributed by atoms with Crippen LogP contribution in [0.15, 0.2) is 18.2 Å². The number of carbonyl (C=O) groups excluding carboxylic acids is 1. The third kappa shape index (κ3) is 3.26. The molecule has 6 heteroatoms. The van der Waals surface area contributed by atoms with E-state index in [1.54, 1.807) is 32.9 Å². The minimum absolute atomic E-state index is 0.343. The van der Waals surface area contributed by atoms with Crippen LogP contribution < -0.4 is 15.4 Å². The number of hydrogen-bond acceptors (Lipinski definition) is 4. The van der Waals surface area contributed by atoms with E-state index in [0.717, 1.165) is 5.69 Å². The van der Waals surface area contributed by atoms with Crippen molar-refractivity contribution in [1.82, 2.24) is 5.32 Å². The summed E-state index contributed by atoms with van der Waals surface area (Å²) in [7, 11) is 0. The van der Waals surface area contributed by atoms with E-state index >= 15 is 0 Å². The van der Waals surface area contributed by atoms with Crippen molar-refractivity contribution in [3.63, 3.8) is 0 Å². The molecule has 6 nitrogen and oxygen atoms in total. The number of carboxylic acid groups (broad SMARTS) is 1. The Labute approximate surface area is 123 Å². The lowest BCUT2D eigenvalue weighted by Crippen LogP contribution is -2.49. The summed E-state index contributed by atoms with van der Waals surface area (Å²) in [4.78, 5) is 23.7. The number of ether oxygens (including phenoxy) is 1. The van der Waals surface area contributed by atoms with Crippen LogP contribution in [-0.2, 0) is 4.79 Å². The Morgan fingerprint density at radius 3 is 2.71 bits per heavy atom. The van der Waals surface area contributed by atoms with Gasteiger partial charge in [0.25, 0.3) is 5.91 Å². The summed E-state index contributed by atoms with van der Waals surface area (Å²) < 4.78 is 5.53. The standard InChI is InChI=1S/C15H20N2O4/c1-15(2,3)12(14(19)20)17-13(18)9-5-4-6-10-11(9)21-8-7-16-10/h4-6,12,16H,7-8H2,1-3H3,(H,17,18)(H,19,20). The van der Waals surface area contributed by atoms with Gasteiger partial charge in [0.2, 0.25) is 0 Å². The van der Waals surface area contributed by atoms with Crippen molar-refractivity contribution in [3.05, 3.63) is 23.8 Å². The minimum atomic E-state index is -1.06. The third-order valence-corrected chi connectivity index (χ3v) is 3.31. The van der Waals surface area contributed by atoms with E-state index < -0.39 is 23.3 Å². The number of aliphatic carboxylic acids is 1. The molecule has 3 N–H and O–H groups in total. The lowest BCUT2D eigenvalue weighted by molar-refractivity contribution is -0.142. The highest BCUT2D eigenvalue weighted by molar-refractivity contribution is 6.00. The number of carbonyl (C=O) groups is 2. The van der Waals surface area contributed by atoms with Crippen LogP contribution >= 0.6 is 0 Å². The summed E-state index contributed by atoms with van der Waals surface area (Å²) in [6.07, 6.45) is 0. The maximum atomic E-state index is 12.4. The van der Waals surface area contributed by atoms with E-state index in [1.807, 2.05) is 6.07 Å². The quantitative estimate of drug-likeness (QED) is 0.789. The average molecular weight is 292 g/mol. The molecule has 0 spiro atoms. The number of hydrogen-bond donors (Lipinski definition) is 3. The van der Waals surface area contributed by atoms with Gasteiger partial charge in [-0.1, -0.05) is 26.8 Å². The van der Waals surface area contributed by atoms with Crippen molar-refractivity contribution in [2.24, 2.45) is 5.41 Å². The Morgan fingerprint density at radius 1 is 1.38 bits per heavy atom. The monoisotopic (exact) mass is 292 g/mol. The van der Waals surface area contributed by atoms with Crippen LogP contribution in [0.4, 0.5) is 5.69 Å². The number of rotatable bonds is 3. The first-order valence-corrected chi connectivity index (χ1v) is 6.84. The first-order valence-electron chi connectivity index (χ1n) is 6.84. The zero-order chi connectivity index (χ0) is 15.6. The predicted molar refractivity (Wildman–Crippen MR) is 78.8 cm³/mol.